The van der Waals surface area contributed by atoms with Gasteiger partial charge in [0.1, 0.15) is 12.4 Å². The Morgan fingerprint density at radius 3 is 2.65 bits per heavy atom. The van der Waals surface area contributed by atoms with Crippen LogP contribution in [0.3, 0.4) is 0 Å². The first-order valence-electron chi connectivity index (χ1n) is 6.63. The van der Waals surface area contributed by atoms with Gasteiger partial charge in [-0.05, 0) is 26.0 Å². The first-order chi connectivity index (χ1) is 9.60. The largest absolute Gasteiger partial charge is 0.480 e. The predicted molar refractivity (Wildman–Crippen MR) is 77.8 cm³/mol. The van der Waals surface area contributed by atoms with E-state index in [2.05, 4.69) is 4.98 Å². The van der Waals surface area contributed by atoms with E-state index in [1.54, 1.807) is 6.20 Å². The van der Waals surface area contributed by atoms with Gasteiger partial charge in [0.05, 0.1) is 6.54 Å². The highest BCUT2D eigenvalue weighted by Crippen LogP contribution is 2.17. The molecule has 0 atom stereocenters. The molecule has 0 amide bonds. The van der Waals surface area contributed by atoms with Crippen molar-refractivity contribution in [1.29, 1.82) is 0 Å². The Morgan fingerprint density at radius 1 is 1.35 bits per heavy atom. The number of carboxylic acids is 1. The molecular formula is C15H19N3O2. The maximum absolute atomic E-state index is 11.1. The van der Waals surface area contributed by atoms with Crippen molar-refractivity contribution in [2.24, 2.45) is 0 Å². The fraction of sp³-hybridized carbons (Fsp3) is 0.333. The second-order valence-corrected chi connectivity index (χ2v) is 4.71. The minimum atomic E-state index is -0.847. The Labute approximate surface area is 118 Å². The molecule has 0 aliphatic heterocycles. The summed E-state index contributed by atoms with van der Waals surface area (Å²) in [5.74, 6) is 0.0227. The quantitative estimate of drug-likeness (QED) is 0.877. The van der Waals surface area contributed by atoms with Crippen LogP contribution in [-0.4, -0.2) is 27.2 Å². The highest BCUT2D eigenvalue weighted by atomic mass is 16.4. The van der Waals surface area contributed by atoms with E-state index < -0.39 is 5.97 Å². The number of aliphatic carboxylic acids is 1. The molecule has 0 saturated heterocycles. The molecule has 0 spiro atoms. The number of carbonyl (C=O) groups is 1. The lowest BCUT2D eigenvalue weighted by molar-refractivity contribution is -0.135. The van der Waals surface area contributed by atoms with Gasteiger partial charge in [-0.15, -0.1) is 0 Å². The number of aryl methyl sites for hydroxylation is 2. The van der Waals surface area contributed by atoms with Crippen molar-refractivity contribution >= 4 is 11.7 Å². The van der Waals surface area contributed by atoms with Gasteiger partial charge < -0.3 is 14.6 Å². The van der Waals surface area contributed by atoms with Crippen LogP contribution in [0.4, 0.5) is 5.69 Å². The Balaban J connectivity index is 2.23. The van der Waals surface area contributed by atoms with Gasteiger partial charge in [0.25, 0.3) is 0 Å². The normalized spacial score (nSPS) is 10.5. The molecule has 0 unspecified atom stereocenters. The van der Waals surface area contributed by atoms with E-state index in [4.69, 9.17) is 5.11 Å². The highest BCUT2D eigenvalue weighted by molar-refractivity contribution is 5.73. The predicted octanol–water partition coefficient (Wildman–Crippen LogP) is 2.30. The molecule has 1 heterocycles. The third-order valence-electron chi connectivity index (χ3n) is 3.20. The summed E-state index contributed by atoms with van der Waals surface area (Å²) in [5.41, 5.74) is 2.04. The molecule has 5 nitrogen and oxygen atoms in total. The van der Waals surface area contributed by atoms with Gasteiger partial charge in [0.15, 0.2) is 0 Å². The fourth-order valence-corrected chi connectivity index (χ4v) is 2.11. The molecule has 106 valence electrons. The van der Waals surface area contributed by atoms with E-state index in [-0.39, 0.29) is 6.54 Å². The zero-order valence-corrected chi connectivity index (χ0v) is 11.8. The number of rotatable bonds is 6. The SMILES string of the molecule is CCn1ccnc1CN(CC(=O)O)c1ccc(C)cc1. The van der Waals surface area contributed by atoms with Gasteiger partial charge in [-0.2, -0.15) is 0 Å². The second kappa shape index (κ2) is 6.23. The van der Waals surface area contributed by atoms with Crippen LogP contribution in [0.1, 0.15) is 18.3 Å². The van der Waals surface area contributed by atoms with E-state index >= 15 is 0 Å². The summed E-state index contributed by atoms with van der Waals surface area (Å²) in [6.45, 7) is 5.31. The number of benzene rings is 1. The van der Waals surface area contributed by atoms with Crippen LogP contribution in [0.15, 0.2) is 36.7 Å². The summed E-state index contributed by atoms with van der Waals surface area (Å²) < 4.78 is 2.02. The third kappa shape index (κ3) is 3.38. The number of hydrogen-bond acceptors (Lipinski definition) is 3. The number of carboxylic acid groups (broad SMARTS) is 1. The first kappa shape index (κ1) is 14.1. The van der Waals surface area contributed by atoms with Gasteiger partial charge in [0.2, 0.25) is 0 Å². The number of anilines is 1. The van der Waals surface area contributed by atoms with Crippen molar-refractivity contribution in [3.63, 3.8) is 0 Å². The Morgan fingerprint density at radius 2 is 2.05 bits per heavy atom. The number of hydrogen-bond donors (Lipinski definition) is 1. The molecule has 0 aliphatic carbocycles. The van der Waals surface area contributed by atoms with Gasteiger partial charge >= 0.3 is 5.97 Å². The van der Waals surface area contributed by atoms with Crippen LogP contribution in [0.2, 0.25) is 0 Å². The molecule has 0 fully saturated rings. The minimum absolute atomic E-state index is 0.0420. The molecule has 0 bridgehead atoms. The lowest BCUT2D eigenvalue weighted by Gasteiger charge is -2.23. The smallest absolute Gasteiger partial charge is 0.323 e. The van der Waals surface area contributed by atoms with Crippen LogP contribution in [0.25, 0.3) is 0 Å². The molecule has 1 aromatic heterocycles. The lowest BCUT2D eigenvalue weighted by Crippen LogP contribution is -2.30. The number of aromatic nitrogens is 2. The zero-order chi connectivity index (χ0) is 14.5. The first-order valence-corrected chi connectivity index (χ1v) is 6.63. The maximum Gasteiger partial charge on any atom is 0.323 e. The monoisotopic (exact) mass is 273 g/mol. The van der Waals surface area contributed by atoms with Crippen LogP contribution in [0, 0.1) is 6.92 Å². The van der Waals surface area contributed by atoms with Gasteiger partial charge in [0, 0.05) is 24.6 Å². The van der Waals surface area contributed by atoms with Crippen LogP contribution >= 0.6 is 0 Å². The minimum Gasteiger partial charge on any atom is -0.480 e. The maximum atomic E-state index is 11.1. The van der Waals surface area contributed by atoms with E-state index in [9.17, 15) is 4.79 Å². The number of nitrogens with zero attached hydrogens (tertiary/aromatic N) is 3. The van der Waals surface area contributed by atoms with Gasteiger partial charge in [-0.25, -0.2) is 4.98 Å². The van der Waals surface area contributed by atoms with E-state index in [1.165, 1.54) is 0 Å². The second-order valence-electron chi connectivity index (χ2n) is 4.71. The summed E-state index contributed by atoms with van der Waals surface area (Å²) in [6.07, 6.45) is 3.65. The van der Waals surface area contributed by atoms with Crippen molar-refractivity contribution in [2.75, 3.05) is 11.4 Å². The topological polar surface area (TPSA) is 58.4 Å². The van der Waals surface area contributed by atoms with Gasteiger partial charge in [-0.1, -0.05) is 17.7 Å². The van der Waals surface area contributed by atoms with Gasteiger partial charge in [-0.3, -0.25) is 4.79 Å². The van der Waals surface area contributed by atoms with E-state index in [1.807, 2.05) is 53.8 Å². The molecule has 1 aromatic carbocycles. The molecular weight excluding hydrogens is 254 g/mol. The van der Waals surface area contributed by atoms with Crippen molar-refractivity contribution in [2.45, 2.75) is 26.9 Å². The summed E-state index contributed by atoms with van der Waals surface area (Å²) in [6, 6.07) is 7.85. The third-order valence-corrected chi connectivity index (χ3v) is 3.20. The van der Waals surface area contributed by atoms with Crippen LogP contribution in [0.5, 0.6) is 0 Å². The van der Waals surface area contributed by atoms with Crippen LogP contribution < -0.4 is 4.90 Å². The van der Waals surface area contributed by atoms with Crippen molar-refractivity contribution in [3.05, 3.63) is 48.0 Å². The zero-order valence-electron chi connectivity index (χ0n) is 11.8. The lowest BCUT2D eigenvalue weighted by atomic mass is 10.2. The Bertz CT molecular complexity index is 575. The van der Waals surface area contributed by atoms with Crippen molar-refractivity contribution < 1.29 is 9.90 Å². The molecule has 0 saturated carbocycles. The molecule has 20 heavy (non-hydrogen) atoms. The van der Waals surface area contributed by atoms with Crippen LogP contribution in [-0.2, 0) is 17.9 Å². The standard InChI is InChI=1S/C15H19N3O2/c1-3-17-9-8-16-14(17)10-18(11-15(19)20)13-6-4-12(2)5-7-13/h4-9H,3,10-11H2,1-2H3,(H,19,20). The highest BCUT2D eigenvalue weighted by Gasteiger charge is 2.14. The summed E-state index contributed by atoms with van der Waals surface area (Å²) in [4.78, 5) is 17.2. The molecule has 5 heteroatoms. The van der Waals surface area contributed by atoms with E-state index in [0.717, 1.165) is 23.6 Å². The van der Waals surface area contributed by atoms with Crippen molar-refractivity contribution in [3.8, 4) is 0 Å². The molecule has 1 N–H and O–H groups in total. The average Bonchev–Trinajstić information content (AvgIpc) is 2.85. The fourth-order valence-electron chi connectivity index (χ4n) is 2.11. The van der Waals surface area contributed by atoms with Crippen molar-refractivity contribution in [1.82, 2.24) is 9.55 Å². The summed E-state index contributed by atoms with van der Waals surface area (Å²) in [5, 5.41) is 9.09. The molecule has 0 aliphatic rings. The molecule has 2 rings (SSSR count). The summed E-state index contributed by atoms with van der Waals surface area (Å²) in [7, 11) is 0. The number of imidazole rings is 1. The Kier molecular flexibility index (Phi) is 4.40. The molecule has 0 radical (unpaired) electrons. The summed E-state index contributed by atoms with van der Waals surface area (Å²) >= 11 is 0. The average molecular weight is 273 g/mol. The Hall–Kier alpha value is -2.30. The molecule has 2 aromatic rings. The van der Waals surface area contributed by atoms with E-state index in [0.29, 0.717) is 6.54 Å².